The maximum absolute atomic E-state index is 13.0. The molecule has 1 aromatic heterocycles. The number of aromatic amines is 1. The third kappa shape index (κ3) is 7.44. The van der Waals surface area contributed by atoms with E-state index >= 15 is 0 Å². The number of ether oxygens (including phenoxy) is 2. The molecule has 0 saturated heterocycles. The van der Waals surface area contributed by atoms with E-state index in [9.17, 15) is 19.2 Å². The summed E-state index contributed by atoms with van der Waals surface area (Å²) in [6, 6.07) is 0. The van der Waals surface area contributed by atoms with Crippen LogP contribution in [0.15, 0.2) is 9.59 Å². The second-order valence-corrected chi connectivity index (χ2v) is 9.50. The molecule has 1 fully saturated rings. The van der Waals surface area contributed by atoms with E-state index in [1.54, 1.807) is 0 Å². The SMILES string of the molecule is CCCCC1CCC(C(=O)OCC(=O)N(CCOC)c2c(N)n(CC(C)C)c(=O)[nH]c2=O)CC1. The number of methoxy groups -OCH3 is 1. The molecule has 1 aliphatic rings. The van der Waals surface area contributed by atoms with Gasteiger partial charge in [-0.05, 0) is 37.5 Å². The summed E-state index contributed by atoms with van der Waals surface area (Å²) < 4.78 is 11.7. The number of hydrogen-bond acceptors (Lipinski definition) is 7. The van der Waals surface area contributed by atoms with Gasteiger partial charge in [0, 0.05) is 20.2 Å². The van der Waals surface area contributed by atoms with Gasteiger partial charge in [-0.2, -0.15) is 0 Å². The maximum Gasteiger partial charge on any atom is 0.330 e. The van der Waals surface area contributed by atoms with E-state index in [1.807, 2.05) is 13.8 Å². The number of hydrogen-bond donors (Lipinski definition) is 2. The largest absolute Gasteiger partial charge is 0.455 e. The van der Waals surface area contributed by atoms with Gasteiger partial charge in [-0.25, -0.2) is 4.79 Å². The van der Waals surface area contributed by atoms with Crippen LogP contribution in [0, 0.1) is 17.8 Å². The molecule has 1 heterocycles. The van der Waals surface area contributed by atoms with Gasteiger partial charge in [0.15, 0.2) is 12.3 Å². The molecular formula is C24H40N4O6. The van der Waals surface area contributed by atoms with E-state index in [1.165, 1.54) is 30.9 Å². The first-order valence-corrected chi connectivity index (χ1v) is 12.3. The lowest BCUT2D eigenvalue weighted by Gasteiger charge is -2.28. The Bertz CT molecular complexity index is 930. The number of esters is 1. The zero-order chi connectivity index (χ0) is 25.3. The van der Waals surface area contributed by atoms with Crippen LogP contribution in [-0.4, -0.2) is 48.3 Å². The first-order chi connectivity index (χ1) is 16.2. The molecule has 1 amide bonds. The number of amides is 1. The van der Waals surface area contributed by atoms with E-state index in [0.29, 0.717) is 5.92 Å². The van der Waals surface area contributed by atoms with Crippen LogP contribution in [0.25, 0.3) is 0 Å². The molecule has 0 spiro atoms. The Balaban J connectivity index is 2.11. The van der Waals surface area contributed by atoms with Crippen molar-refractivity contribution in [3.8, 4) is 0 Å². The summed E-state index contributed by atoms with van der Waals surface area (Å²) in [5, 5.41) is 0. The summed E-state index contributed by atoms with van der Waals surface area (Å²) in [6.45, 7) is 5.89. The fourth-order valence-corrected chi connectivity index (χ4v) is 4.44. The van der Waals surface area contributed by atoms with Crippen LogP contribution in [0.2, 0.25) is 0 Å². The van der Waals surface area contributed by atoms with Gasteiger partial charge in [-0.15, -0.1) is 0 Å². The average molecular weight is 481 g/mol. The molecule has 10 nitrogen and oxygen atoms in total. The van der Waals surface area contributed by atoms with E-state index in [2.05, 4.69) is 11.9 Å². The van der Waals surface area contributed by atoms with Crippen molar-refractivity contribution in [3.63, 3.8) is 0 Å². The minimum absolute atomic E-state index is 0.0165. The fourth-order valence-electron chi connectivity index (χ4n) is 4.44. The average Bonchev–Trinajstić information content (AvgIpc) is 2.80. The molecule has 1 aliphatic carbocycles. The molecule has 0 aliphatic heterocycles. The lowest BCUT2D eigenvalue weighted by Crippen LogP contribution is -2.44. The molecule has 0 aromatic carbocycles. The van der Waals surface area contributed by atoms with Crippen LogP contribution in [0.1, 0.15) is 65.7 Å². The number of nitrogens with two attached hydrogens (primary N) is 1. The summed E-state index contributed by atoms with van der Waals surface area (Å²) in [6.07, 6.45) is 7.10. The highest BCUT2D eigenvalue weighted by Gasteiger charge is 2.29. The molecule has 1 aromatic rings. The number of carbonyl (C=O) groups is 2. The number of nitrogens with one attached hydrogen (secondary N) is 1. The standard InChI is InChI=1S/C24H40N4O6/c1-5-6-7-17-8-10-18(11-9-17)23(31)34-15-19(29)27(12-13-33-4)20-21(25)28(14-16(2)3)24(32)26-22(20)30/h16-18H,5-15,25H2,1-4H3,(H,26,30,32). The van der Waals surface area contributed by atoms with Crippen LogP contribution in [0.5, 0.6) is 0 Å². The number of nitrogens with zero attached hydrogens (tertiary/aromatic N) is 2. The predicted octanol–water partition coefficient (Wildman–Crippen LogP) is 2.29. The van der Waals surface area contributed by atoms with Crippen molar-refractivity contribution in [2.24, 2.45) is 17.8 Å². The Morgan fingerprint density at radius 1 is 1.21 bits per heavy atom. The highest BCUT2D eigenvalue weighted by Crippen LogP contribution is 2.32. The summed E-state index contributed by atoms with van der Waals surface area (Å²) >= 11 is 0. The van der Waals surface area contributed by atoms with E-state index in [-0.39, 0.29) is 49.0 Å². The molecule has 0 atom stereocenters. The van der Waals surface area contributed by atoms with Crippen LogP contribution < -0.4 is 21.9 Å². The van der Waals surface area contributed by atoms with Crippen LogP contribution >= 0.6 is 0 Å². The Hall–Kier alpha value is -2.62. The van der Waals surface area contributed by atoms with Gasteiger partial charge >= 0.3 is 11.7 Å². The highest BCUT2D eigenvalue weighted by atomic mass is 16.5. The fraction of sp³-hybridized carbons (Fsp3) is 0.750. The minimum atomic E-state index is -0.774. The summed E-state index contributed by atoms with van der Waals surface area (Å²) in [5.74, 6) is -0.566. The first-order valence-electron chi connectivity index (χ1n) is 12.3. The van der Waals surface area contributed by atoms with Gasteiger partial charge in [0.1, 0.15) is 5.82 Å². The molecule has 3 N–H and O–H groups in total. The van der Waals surface area contributed by atoms with Gasteiger partial charge in [-0.1, -0.05) is 40.0 Å². The lowest BCUT2D eigenvalue weighted by molar-refractivity contribution is -0.153. The van der Waals surface area contributed by atoms with Gasteiger partial charge in [0.25, 0.3) is 11.5 Å². The maximum atomic E-state index is 13.0. The van der Waals surface area contributed by atoms with Crippen molar-refractivity contribution in [1.29, 1.82) is 0 Å². The van der Waals surface area contributed by atoms with E-state index in [4.69, 9.17) is 15.2 Å². The number of H-pyrrole nitrogens is 1. The quantitative estimate of drug-likeness (QED) is 0.438. The molecular weight excluding hydrogens is 440 g/mol. The Morgan fingerprint density at radius 3 is 2.47 bits per heavy atom. The van der Waals surface area contributed by atoms with Gasteiger partial charge in [-0.3, -0.25) is 28.8 Å². The smallest absolute Gasteiger partial charge is 0.330 e. The van der Waals surface area contributed by atoms with Crippen LogP contribution in [0.4, 0.5) is 11.5 Å². The summed E-state index contributed by atoms with van der Waals surface area (Å²) in [4.78, 5) is 53.8. The molecule has 1 saturated carbocycles. The third-order valence-electron chi connectivity index (χ3n) is 6.34. The highest BCUT2D eigenvalue weighted by molar-refractivity contribution is 5.97. The Morgan fingerprint density at radius 2 is 1.88 bits per heavy atom. The number of aromatic nitrogens is 2. The zero-order valence-corrected chi connectivity index (χ0v) is 20.9. The van der Waals surface area contributed by atoms with Crippen molar-refractivity contribution < 1.29 is 19.1 Å². The van der Waals surface area contributed by atoms with E-state index in [0.717, 1.165) is 30.6 Å². The van der Waals surface area contributed by atoms with Crippen molar-refractivity contribution in [3.05, 3.63) is 20.8 Å². The molecule has 0 unspecified atom stereocenters. The van der Waals surface area contributed by atoms with E-state index < -0.39 is 23.8 Å². The van der Waals surface area contributed by atoms with Crippen molar-refractivity contribution in [2.75, 3.05) is 37.5 Å². The molecule has 0 radical (unpaired) electrons. The number of unbranched alkanes of at least 4 members (excludes halogenated alkanes) is 1. The third-order valence-corrected chi connectivity index (χ3v) is 6.34. The van der Waals surface area contributed by atoms with Crippen molar-refractivity contribution in [2.45, 2.75) is 72.3 Å². The second-order valence-electron chi connectivity index (χ2n) is 9.50. The topological polar surface area (TPSA) is 137 Å². The van der Waals surface area contributed by atoms with Gasteiger partial charge < -0.3 is 15.2 Å². The monoisotopic (exact) mass is 480 g/mol. The number of carbonyl (C=O) groups excluding carboxylic acids is 2. The zero-order valence-electron chi connectivity index (χ0n) is 20.9. The van der Waals surface area contributed by atoms with Crippen molar-refractivity contribution >= 4 is 23.4 Å². The molecule has 34 heavy (non-hydrogen) atoms. The number of rotatable bonds is 12. The van der Waals surface area contributed by atoms with Gasteiger partial charge in [0.05, 0.1) is 12.5 Å². The molecule has 2 rings (SSSR count). The second kappa shape index (κ2) is 13.3. The molecule has 192 valence electrons. The Labute approximate surface area is 200 Å². The van der Waals surface area contributed by atoms with Crippen molar-refractivity contribution in [1.82, 2.24) is 9.55 Å². The number of anilines is 2. The predicted molar refractivity (Wildman–Crippen MR) is 131 cm³/mol. The van der Waals surface area contributed by atoms with Gasteiger partial charge in [0.2, 0.25) is 0 Å². The first kappa shape index (κ1) is 27.6. The van der Waals surface area contributed by atoms with Crippen LogP contribution in [-0.2, 0) is 25.6 Å². The van der Waals surface area contributed by atoms with Crippen LogP contribution in [0.3, 0.4) is 0 Å². The number of nitrogen functional groups attached to an aromatic ring is 1. The lowest BCUT2D eigenvalue weighted by atomic mass is 9.80. The Kier molecular flexibility index (Phi) is 10.8. The molecule has 10 heteroatoms. The minimum Gasteiger partial charge on any atom is -0.455 e. The summed E-state index contributed by atoms with van der Waals surface area (Å²) in [5.41, 5.74) is 4.61. The summed E-state index contributed by atoms with van der Waals surface area (Å²) in [7, 11) is 1.47. The molecule has 0 bridgehead atoms. The normalized spacial score (nSPS) is 18.1.